The van der Waals surface area contributed by atoms with Crippen molar-refractivity contribution in [3.8, 4) is 11.6 Å². The fraction of sp³-hybridized carbons (Fsp3) is 0.286. The topological polar surface area (TPSA) is 63.0 Å². The first kappa shape index (κ1) is 17.3. The van der Waals surface area contributed by atoms with Crippen molar-refractivity contribution in [1.82, 2.24) is 10.7 Å². The van der Waals surface area contributed by atoms with Gasteiger partial charge in [-0.2, -0.15) is 13.2 Å². The third-order valence-electron chi connectivity index (χ3n) is 3.61. The van der Waals surface area contributed by atoms with Crippen molar-refractivity contribution >= 4 is 40.4 Å². The highest BCUT2D eigenvalue weighted by molar-refractivity contribution is 7.10. The lowest BCUT2D eigenvalue weighted by molar-refractivity contribution is -0.134. The first-order valence-electron chi connectivity index (χ1n) is 6.51. The van der Waals surface area contributed by atoms with Crippen molar-refractivity contribution in [2.24, 2.45) is 0 Å². The lowest BCUT2D eigenvalue weighted by Gasteiger charge is -2.14. The molecule has 1 N–H and O–H groups in total. The van der Waals surface area contributed by atoms with Crippen molar-refractivity contribution in [3.63, 3.8) is 0 Å². The molecular formula is C14H8Cl2F3N2O2S. The maximum Gasteiger partial charge on any atom is 0.425 e. The number of carbonyl (C=O) groups is 1. The summed E-state index contributed by atoms with van der Waals surface area (Å²) < 4.78 is 41.7. The van der Waals surface area contributed by atoms with Crippen LogP contribution < -0.4 is 10.5 Å². The van der Waals surface area contributed by atoms with E-state index in [0.29, 0.717) is 11.3 Å². The number of hydrogen-bond acceptors (Lipinski definition) is 4. The molecule has 127 valence electrons. The maximum absolute atomic E-state index is 12.6. The third-order valence-corrected chi connectivity index (χ3v) is 5.48. The number of alkyl halides is 5. The molecule has 3 rings (SSSR count). The SMILES string of the molecule is [NH]C(=O)C1(c2cccc(Oc3csc(C(F)(F)F)c3)n2)CC1(Cl)Cl. The van der Waals surface area contributed by atoms with Gasteiger partial charge in [-0.15, -0.1) is 11.3 Å². The minimum absolute atomic E-state index is 0.0179. The Kier molecular flexibility index (Phi) is 3.97. The molecule has 0 saturated heterocycles. The zero-order valence-corrected chi connectivity index (χ0v) is 14.0. The van der Waals surface area contributed by atoms with Gasteiger partial charge in [0.1, 0.15) is 20.4 Å². The molecule has 0 aliphatic heterocycles. The van der Waals surface area contributed by atoms with Crippen LogP contribution in [0.15, 0.2) is 29.6 Å². The van der Waals surface area contributed by atoms with Crippen LogP contribution in [0.4, 0.5) is 13.2 Å². The van der Waals surface area contributed by atoms with E-state index in [9.17, 15) is 18.0 Å². The zero-order valence-electron chi connectivity index (χ0n) is 11.7. The molecule has 4 nitrogen and oxygen atoms in total. The van der Waals surface area contributed by atoms with Crippen LogP contribution in [0, 0.1) is 0 Å². The van der Waals surface area contributed by atoms with E-state index in [2.05, 4.69) is 4.98 Å². The summed E-state index contributed by atoms with van der Waals surface area (Å²) in [4.78, 5) is 14.9. The smallest absolute Gasteiger partial charge is 0.425 e. The van der Waals surface area contributed by atoms with Crippen LogP contribution in [0.3, 0.4) is 0 Å². The summed E-state index contributed by atoms with van der Waals surface area (Å²) >= 11 is 12.5. The number of amides is 1. The molecule has 0 bridgehead atoms. The molecule has 2 heterocycles. The van der Waals surface area contributed by atoms with E-state index in [1.807, 2.05) is 0 Å². The summed E-state index contributed by atoms with van der Waals surface area (Å²) in [6.45, 7) is 0. The lowest BCUT2D eigenvalue weighted by Crippen LogP contribution is -2.28. The van der Waals surface area contributed by atoms with Crippen molar-refractivity contribution in [2.45, 2.75) is 22.3 Å². The molecule has 0 aromatic carbocycles. The molecule has 2 aromatic rings. The molecule has 0 spiro atoms. The molecular weight excluding hydrogens is 388 g/mol. The zero-order chi connectivity index (χ0) is 17.8. The first-order chi connectivity index (χ1) is 11.1. The molecule has 1 saturated carbocycles. The molecule has 2 aromatic heterocycles. The Morgan fingerprint density at radius 1 is 1.38 bits per heavy atom. The number of nitrogens with zero attached hydrogens (tertiary/aromatic N) is 1. The Hall–Kier alpha value is -1.51. The van der Waals surface area contributed by atoms with Gasteiger partial charge in [0.2, 0.25) is 5.88 Å². The number of halogens is 5. The minimum atomic E-state index is -4.45. The summed E-state index contributed by atoms with van der Waals surface area (Å²) in [6.07, 6.45) is -4.41. The maximum atomic E-state index is 12.6. The van der Waals surface area contributed by atoms with Gasteiger partial charge in [0, 0.05) is 23.9 Å². The lowest BCUT2D eigenvalue weighted by atomic mass is 10.0. The summed E-state index contributed by atoms with van der Waals surface area (Å²) in [6, 6.07) is 5.25. The number of ether oxygens (including phenoxy) is 1. The van der Waals surface area contributed by atoms with E-state index in [1.165, 1.54) is 23.6 Å². The Morgan fingerprint density at radius 3 is 2.54 bits per heavy atom. The molecule has 1 aliphatic carbocycles. The van der Waals surface area contributed by atoms with Crippen molar-refractivity contribution in [2.75, 3.05) is 0 Å². The third kappa shape index (κ3) is 2.82. The Labute approximate surface area is 148 Å². The molecule has 1 aliphatic rings. The number of hydrogen-bond donors (Lipinski definition) is 0. The van der Waals surface area contributed by atoms with Crippen LogP contribution in [-0.4, -0.2) is 15.2 Å². The predicted molar refractivity (Wildman–Crippen MR) is 82.5 cm³/mol. The quantitative estimate of drug-likeness (QED) is 0.711. The van der Waals surface area contributed by atoms with Gasteiger partial charge in [-0.3, -0.25) is 10.5 Å². The Balaban J connectivity index is 1.87. The van der Waals surface area contributed by atoms with Gasteiger partial charge in [-0.1, -0.05) is 29.3 Å². The molecule has 24 heavy (non-hydrogen) atoms. The summed E-state index contributed by atoms with van der Waals surface area (Å²) in [5.41, 5.74) is 6.09. The van der Waals surface area contributed by atoms with Crippen molar-refractivity contribution in [3.05, 3.63) is 40.2 Å². The number of nitrogens with one attached hydrogen (secondary N) is 1. The van der Waals surface area contributed by atoms with E-state index in [0.717, 1.165) is 6.07 Å². The highest BCUT2D eigenvalue weighted by atomic mass is 35.5. The number of aromatic nitrogens is 1. The van der Waals surface area contributed by atoms with Crippen LogP contribution in [0.25, 0.3) is 0 Å². The van der Waals surface area contributed by atoms with Crippen LogP contribution in [0.5, 0.6) is 11.6 Å². The predicted octanol–water partition coefficient (Wildman–Crippen LogP) is 4.58. The average molecular weight is 396 g/mol. The monoisotopic (exact) mass is 395 g/mol. The Morgan fingerprint density at radius 2 is 2.04 bits per heavy atom. The van der Waals surface area contributed by atoms with Gasteiger partial charge in [0.25, 0.3) is 5.91 Å². The standard InChI is InChI=1S/C14H8Cl2F3N2O2S/c15-13(16)6-12(13,11(20)22)8-2-1-3-10(21-8)23-7-4-9(24-5-7)14(17,18)19/h1-5,20H,6H2. The second-order valence-corrected chi connectivity index (χ2v) is 7.62. The normalized spacial score (nSPS) is 22.2. The van der Waals surface area contributed by atoms with Gasteiger partial charge < -0.3 is 4.74 Å². The number of carbonyl (C=O) groups excluding carboxylic acids is 1. The molecule has 10 heteroatoms. The second-order valence-electron chi connectivity index (χ2n) is 5.22. The molecule has 1 amide bonds. The largest absolute Gasteiger partial charge is 0.438 e. The summed E-state index contributed by atoms with van der Waals surface area (Å²) in [5, 5.41) is 1.20. The van der Waals surface area contributed by atoms with Gasteiger partial charge in [0.05, 0.1) is 5.69 Å². The Bertz CT molecular complexity index is 809. The van der Waals surface area contributed by atoms with Crippen molar-refractivity contribution < 1.29 is 22.7 Å². The van der Waals surface area contributed by atoms with Crippen LogP contribution in [0.2, 0.25) is 0 Å². The summed E-state index contributed by atoms with van der Waals surface area (Å²) in [5.74, 6) is -1.02. The van der Waals surface area contributed by atoms with E-state index in [-0.39, 0.29) is 23.7 Å². The second kappa shape index (κ2) is 5.50. The first-order valence-corrected chi connectivity index (χ1v) is 8.15. The van der Waals surface area contributed by atoms with E-state index in [4.69, 9.17) is 33.7 Å². The summed E-state index contributed by atoms with van der Waals surface area (Å²) in [7, 11) is 0. The number of rotatable bonds is 4. The van der Waals surface area contributed by atoms with Gasteiger partial charge in [-0.25, -0.2) is 4.98 Å². The highest BCUT2D eigenvalue weighted by Crippen LogP contribution is 2.64. The van der Waals surface area contributed by atoms with E-state index >= 15 is 0 Å². The molecule has 1 radical (unpaired) electrons. The van der Waals surface area contributed by atoms with Crippen LogP contribution in [0.1, 0.15) is 17.0 Å². The molecule has 1 unspecified atom stereocenters. The fourth-order valence-corrected chi connectivity index (χ4v) is 3.72. The number of thiophene rings is 1. The molecule has 1 atom stereocenters. The highest BCUT2D eigenvalue weighted by Gasteiger charge is 2.73. The van der Waals surface area contributed by atoms with E-state index < -0.39 is 26.7 Å². The molecule has 1 fully saturated rings. The fourth-order valence-electron chi connectivity index (χ4n) is 2.28. The number of pyridine rings is 1. The van der Waals surface area contributed by atoms with Gasteiger partial charge in [-0.05, 0) is 6.07 Å². The van der Waals surface area contributed by atoms with Crippen LogP contribution >= 0.6 is 34.5 Å². The van der Waals surface area contributed by atoms with Gasteiger partial charge >= 0.3 is 6.18 Å². The van der Waals surface area contributed by atoms with E-state index in [1.54, 1.807) is 0 Å². The van der Waals surface area contributed by atoms with Gasteiger partial charge in [0.15, 0.2) is 0 Å². The van der Waals surface area contributed by atoms with Crippen molar-refractivity contribution in [1.29, 1.82) is 0 Å². The van der Waals surface area contributed by atoms with Crippen LogP contribution in [-0.2, 0) is 16.4 Å². The minimum Gasteiger partial charge on any atom is -0.438 e. The average Bonchev–Trinajstić information content (AvgIpc) is 2.81.